The maximum absolute atomic E-state index is 11.0. The maximum atomic E-state index is 11.0. The van der Waals surface area contributed by atoms with E-state index in [1.54, 1.807) is 20.9 Å². The largest absolute Gasteiger partial charge is 0.361 e. The van der Waals surface area contributed by atoms with E-state index in [9.17, 15) is 4.79 Å². The molecule has 0 saturated heterocycles. The summed E-state index contributed by atoms with van der Waals surface area (Å²) in [5.74, 6) is 0.621. The van der Waals surface area contributed by atoms with E-state index >= 15 is 0 Å². The molecule has 0 radical (unpaired) electrons. The van der Waals surface area contributed by atoms with Crippen molar-refractivity contribution < 1.29 is 9.32 Å². The molecule has 2 heterocycles. The van der Waals surface area contributed by atoms with Crippen LogP contribution in [0.5, 0.6) is 0 Å². The minimum Gasteiger partial charge on any atom is -0.361 e. The van der Waals surface area contributed by atoms with Gasteiger partial charge in [0, 0.05) is 7.05 Å². The van der Waals surface area contributed by atoms with E-state index in [0.717, 1.165) is 5.56 Å². The fraction of sp³-hybridized carbons (Fsp3) is 0.300. The highest BCUT2D eigenvalue weighted by molar-refractivity contribution is 6.32. The number of carbonyl (C=O) groups excluding carboxylic acids is 1. The quantitative estimate of drug-likeness (QED) is 0.754. The lowest BCUT2D eigenvalue weighted by Crippen LogP contribution is -1.90. The van der Waals surface area contributed by atoms with Crippen LogP contribution in [-0.4, -0.2) is 21.2 Å². The maximum Gasteiger partial charge on any atom is 0.155 e. The minimum absolute atomic E-state index is 0.310. The third-order valence-corrected chi connectivity index (χ3v) is 2.85. The Labute approximate surface area is 97.0 Å². The van der Waals surface area contributed by atoms with Crippen LogP contribution in [-0.2, 0) is 7.05 Å². The van der Waals surface area contributed by atoms with Crippen molar-refractivity contribution in [1.82, 2.24) is 14.9 Å². The third kappa shape index (κ3) is 1.44. The molecule has 2 aromatic heterocycles. The van der Waals surface area contributed by atoms with Gasteiger partial charge in [0.15, 0.2) is 6.29 Å². The fourth-order valence-corrected chi connectivity index (χ4v) is 1.80. The highest BCUT2D eigenvalue weighted by atomic mass is 35.5. The lowest BCUT2D eigenvalue weighted by molar-refractivity contribution is 0.112. The van der Waals surface area contributed by atoms with Crippen LogP contribution < -0.4 is 0 Å². The smallest absolute Gasteiger partial charge is 0.155 e. The summed E-state index contributed by atoms with van der Waals surface area (Å²) >= 11 is 5.95. The summed E-state index contributed by atoms with van der Waals surface area (Å²) in [4.78, 5) is 11.0. The highest BCUT2D eigenvalue weighted by Crippen LogP contribution is 2.31. The van der Waals surface area contributed by atoms with Crippen molar-refractivity contribution in [3.63, 3.8) is 0 Å². The molecule has 0 N–H and O–H groups in total. The number of halogens is 1. The van der Waals surface area contributed by atoms with Crippen LogP contribution in [0, 0.1) is 13.8 Å². The predicted molar refractivity (Wildman–Crippen MR) is 58.6 cm³/mol. The Kier molecular flexibility index (Phi) is 2.55. The zero-order chi connectivity index (χ0) is 11.9. The minimum atomic E-state index is 0.310. The normalized spacial score (nSPS) is 10.8. The molecule has 84 valence electrons. The number of carbonyl (C=O) groups is 1. The Morgan fingerprint density at radius 3 is 2.62 bits per heavy atom. The number of hydrogen-bond acceptors (Lipinski definition) is 4. The fourth-order valence-electron chi connectivity index (χ4n) is 1.63. The summed E-state index contributed by atoms with van der Waals surface area (Å²) in [6.45, 7) is 3.56. The van der Waals surface area contributed by atoms with Gasteiger partial charge in [0.25, 0.3) is 0 Å². The van der Waals surface area contributed by atoms with Crippen molar-refractivity contribution >= 4 is 17.9 Å². The van der Waals surface area contributed by atoms with Crippen molar-refractivity contribution in [2.75, 3.05) is 0 Å². The van der Waals surface area contributed by atoms with Gasteiger partial charge in [-0.2, -0.15) is 5.10 Å². The third-order valence-electron chi connectivity index (χ3n) is 2.40. The molecule has 0 saturated carbocycles. The van der Waals surface area contributed by atoms with Gasteiger partial charge in [0.1, 0.15) is 16.6 Å². The van der Waals surface area contributed by atoms with E-state index in [1.807, 2.05) is 0 Å². The average molecular weight is 240 g/mol. The summed E-state index contributed by atoms with van der Waals surface area (Å²) < 4.78 is 6.49. The first-order chi connectivity index (χ1) is 7.56. The molecular weight excluding hydrogens is 230 g/mol. The van der Waals surface area contributed by atoms with E-state index in [2.05, 4.69) is 10.3 Å². The molecule has 0 atom stereocenters. The monoisotopic (exact) mass is 239 g/mol. The SMILES string of the molecule is Cc1noc(C)c1-c1nn(C)c(Cl)c1C=O. The van der Waals surface area contributed by atoms with Crippen molar-refractivity contribution in [1.29, 1.82) is 0 Å². The van der Waals surface area contributed by atoms with Crippen molar-refractivity contribution in [2.45, 2.75) is 13.8 Å². The summed E-state index contributed by atoms with van der Waals surface area (Å²) in [6, 6.07) is 0. The first-order valence-electron chi connectivity index (χ1n) is 4.67. The Bertz CT molecular complexity index is 537. The molecule has 0 amide bonds. The van der Waals surface area contributed by atoms with Gasteiger partial charge in [0.05, 0.1) is 16.8 Å². The van der Waals surface area contributed by atoms with E-state index < -0.39 is 0 Å². The van der Waals surface area contributed by atoms with Crippen molar-refractivity contribution in [3.05, 3.63) is 22.2 Å². The van der Waals surface area contributed by atoms with E-state index in [0.29, 0.717) is 34.2 Å². The highest BCUT2D eigenvalue weighted by Gasteiger charge is 2.21. The number of aldehydes is 1. The molecule has 16 heavy (non-hydrogen) atoms. The molecular formula is C10H10ClN3O2. The number of hydrogen-bond donors (Lipinski definition) is 0. The average Bonchev–Trinajstić information content (AvgIpc) is 2.70. The molecule has 0 aliphatic rings. The van der Waals surface area contributed by atoms with Crippen LogP contribution in [0.2, 0.25) is 5.15 Å². The first kappa shape index (κ1) is 10.9. The van der Waals surface area contributed by atoms with Gasteiger partial charge in [-0.25, -0.2) is 0 Å². The van der Waals surface area contributed by atoms with Crippen molar-refractivity contribution in [3.8, 4) is 11.3 Å². The first-order valence-corrected chi connectivity index (χ1v) is 5.05. The molecule has 0 aliphatic carbocycles. The Morgan fingerprint density at radius 2 is 2.12 bits per heavy atom. The predicted octanol–water partition coefficient (Wildman–Crippen LogP) is 2.16. The molecule has 0 aromatic carbocycles. The lowest BCUT2D eigenvalue weighted by Gasteiger charge is -1.94. The Morgan fingerprint density at radius 1 is 1.44 bits per heavy atom. The Hall–Kier alpha value is -1.62. The molecule has 5 nitrogen and oxygen atoms in total. The van der Waals surface area contributed by atoms with Gasteiger partial charge in [0.2, 0.25) is 0 Å². The second kappa shape index (κ2) is 3.75. The van der Waals surface area contributed by atoms with Gasteiger partial charge >= 0.3 is 0 Å². The summed E-state index contributed by atoms with van der Waals surface area (Å²) in [5, 5.41) is 8.33. The Balaban J connectivity index is 2.74. The van der Waals surface area contributed by atoms with Crippen LogP contribution >= 0.6 is 11.6 Å². The van der Waals surface area contributed by atoms with Crippen LogP contribution in [0.1, 0.15) is 21.8 Å². The number of aryl methyl sites for hydroxylation is 3. The zero-order valence-corrected chi connectivity index (χ0v) is 9.87. The van der Waals surface area contributed by atoms with Gasteiger partial charge in [-0.3, -0.25) is 9.48 Å². The van der Waals surface area contributed by atoms with E-state index in [4.69, 9.17) is 16.1 Å². The molecule has 2 rings (SSSR count). The van der Waals surface area contributed by atoms with Crippen LogP contribution in [0.15, 0.2) is 4.52 Å². The summed E-state index contributed by atoms with van der Waals surface area (Å²) in [7, 11) is 1.68. The van der Waals surface area contributed by atoms with E-state index in [1.165, 1.54) is 4.68 Å². The van der Waals surface area contributed by atoms with Gasteiger partial charge < -0.3 is 4.52 Å². The van der Waals surface area contributed by atoms with Crippen LogP contribution in [0.25, 0.3) is 11.3 Å². The molecule has 0 bridgehead atoms. The molecule has 0 unspecified atom stereocenters. The van der Waals surface area contributed by atoms with Crippen molar-refractivity contribution in [2.24, 2.45) is 7.05 Å². The second-order valence-corrected chi connectivity index (χ2v) is 3.85. The number of nitrogens with zero attached hydrogens (tertiary/aromatic N) is 3. The standard InChI is InChI=1S/C10H10ClN3O2/c1-5-8(6(2)16-13-5)9-7(4-15)10(11)14(3)12-9/h4H,1-3H3. The molecule has 0 aliphatic heterocycles. The van der Waals surface area contributed by atoms with E-state index in [-0.39, 0.29) is 0 Å². The lowest BCUT2D eigenvalue weighted by atomic mass is 10.1. The molecule has 6 heteroatoms. The second-order valence-electron chi connectivity index (χ2n) is 3.49. The topological polar surface area (TPSA) is 60.9 Å². The van der Waals surface area contributed by atoms with Gasteiger partial charge in [-0.05, 0) is 13.8 Å². The van der Waals surface area contributed by atoms with Gasteiger partial charge in [-0.1, -0.05) is 16.8 Å². The van der Waals surface area contributed by atoms with Crippen LogP contribution in [0.4, 0.5) is 0 Å². The van der Waals surface area contributed by atoms with Gasteiger partial charge in [-0.15, -0.1) is 0 Å². The summed E-state index contributed by atoms with van der Waals surface area (Å²) in [6.07, 6.45) is 0.691. The molecule has 0 fully saturated rings. The number of aromatic nitrogens is 3. The van der Waals surface area contributed by atoms with Crippen LogP contribution in [0.3, 0.4) is 0 Å². The molecule has 0 spiro atoms. The summed E-state index contributed by atoms with van der Waals surface area (Å²) in [5.41, 5.74) is 2.29. The number of rotatable bonds is 2. The zero-order valence-electron chi connectivity index (χ0n) is 9.11. The molecule has 2 aromatic rings.